The molecular weight excluding hydrogens is 279 g/mol. The molecule has 0 aromatic heterocycles. The number of rotatable bonds is 2. The monoisotopic (exact) mass is 290 g/mol. The zero-order valence-electron chi connectivity index (χ0n) is 11.1. The van der Waals surface area contributed by atoms with Crippen LogP contribution in [0.15, 0.2) is 42.5 Å². The SMILES string of the molecule is O=C([O-])Cc1ccc2c(c1)C=Cc1ccccc1O2.[K+]. The first kappa shape index (κ1) is 15.5. The minimum atomic E-state index is -1.08. The van der Waals surface area contributed by atoms with Crippen molar-refractivity contribution in [2.75, 3.05) is 0 Å². The van der Waals surface area contributed by atoms with Crippen LogP contribution in [0.25, 0.3) is 12.2 Å². The van der Waals surface area contributed by atoms with E-state index in [2.05, 4.69) is 0 Å². The van der Waals surface area contributed by atoms with Crippen LogP contribution in [-0.2, 0) is 11.2 Å². The summed E-state index contributed by atoms with van der Waals surface area (Å²) in [6, 6.07) is 13.1. The molecule has 0 N–H and O–H groups in total. The molecule has 1 aliphatic heterocycles. The van der Waals surface area contributed by atoms with E-state index in [0.29, 0.717) is 5.56 Å². The molecule has 1 aliphatic rings. The van der Waals surface area contributed by atoms with E-state index in [0.717, 1.165) is 22.6 Å². The number of ether oxygens (including phenoxy) is 1. The van der Waals surface area contributed by atoms with Crippen molar-refractivity contribution in [2.24, 2.45) is 0 Å². The molecule has 20 heavy (non-hydrogen) atoms. The predicted octanol–water partition coefficient (Wildman–Crippen LogP) is -0.741. The summed E-state index contributed by atoms with van der Waals surface area (Å²) >= 11 is 0. The Hall–Kier alpha value is -0.914. The molecule has 0 spiro atoms. The first-order valence-electron chi connectivity index (χ1n) is 6.00. The maximum absolute atomic E-state index is 10.6. The fourth-order valence-electron chi connectivity index (χ4n) is 2.11. The molecule has 0 atom stereocenters. The fraction of sp³-hybridized carbons (Fsp3) is 0.0625. The van der Waals surface area contributed by atoms with E-state index in [9.17, 15) is 9.90 Å². The Bertz CT molecular complexity index is 677. The summed E-state index contributed by atoms with van der Waals surface area (Å²) < 4.78 is 5.84. The Balaban J connectivity index is 0.00000147. The Morgan fingerprint density at radius 3 is 2.50 bits per heavy atom. The minimum Gasteiger partial charge on any atom is -0.550 e. The van der Waals surface area contributed by atoms with Gasteiger partial charge in [-0.15, -0.1) is 0 Å². The number of aliphatic carboxylic acids is 1. The third-order valence-electron chi connectivity index (χ3n) is 3.00. The number of hydrogen-bond acceptors (Lipinski definition) is 3. The summed E-state index contributed by atoms with van der Waals surface area (Å²) in [7, 11) is 0. The molecule has 0 saturated heterocycles. The smallest absolute Gasteiger partial charge is 0.550 e. The van der Waals surface area contributed by atoms with Gasteiger partial charge < -0.3 is 14.6 Å². The second-order valence-corrected chi connectivity index (χ2v) is 4.39. The van der Waals surface area contributed by atoms with Crippen molar-refractivity contribution in [1.82, 2.24) is 0 Å². The second kappa shape index (κ2) is 6.69. The van der Waals surface area contributed by atoms with Gasteiger partial charge in [-0.05, 0) is 23.8 Å². The standard InChI is InChI=1S/C16H12O3.K/c17-16(18)10-11-5-8-15-13(9-11)7-6-12-3-1-2-4-14(12)19-15;/h1-9H,10H2,(H,17,18);/q;+1/p-1. The molecule has 0 fully saturated rings. The largest absolute Gasteiger partial charge is 1.00 e. The van der Waals surface area contributed by atoms with Crippen LogP contribution in [-0.4, -0.2) is 5.97 Å². The first-order chi connectivity index (χ1) is 9.22. The maximum Gasteiger partial charge on any atom is 1.00 e. The molecular formula is C16H11KO3. The molecule has 1 heterocycles. The summed E-state index contributed by atoms with van der Waals surface area (Å²) in [5.41, 5.74) is 2.58. The van der Waals surface area contributed by atoms with Crippen LogP contribution >= 0.6 is 0 Å². The van der Waals surface area contributed by atoms with Crippen molar-refractivity contribution in [1.29, 1.82) is 0 Å². The van der Waals surface area contributed by atoms with Gasteiger partial charge in [0.2, 0.25) is 0 Å². The summed E-state index contributed by atoms with van der Waals surface area (Å²) in [6.45, 7) is 0. The molecule has 0 aliphatic carbocycles. The molecule has 2 aromatic carbocycles. The normalized spacial score (nSPS) is 11.4. The molecule has 2 aromatic rings. The van der Waals surface area contributed by atoms with E-state index in [1.165, 1.54) is 0 Å². The zero-order valence-corrected chi connectivity index (χ0v) is 14.3. The van der Waals surface area contributed by atoms with Gasteiger partial charge in [0.25, 0.3) is 0 Å². The van der Waals surface area contributed by atoms with E-state index in [-0.39, 0.29) is 57.8 Å². The Morgan fingerprint density at radius 2 is 1.70 bits per heavy atom. The van der Waals surface area contributed by atoms with Crippen molar-refractivity contribution >= 4 is 18.1 Å². The number of fused-ring (bicyclic) bond motifs is 2. The fourth-order valence-corrected chi connectivity index (χ4v) is 2.11. The number of carboxylic acid groups (broad SMARTS) is 1. The summed E-state index contributed by atoms with van der Waals surface area (Å²) in [6.07, 6.45) is 3.80. The van der Waals surface area contributed by atoms with Crippen LogP contribution in [0.4, 0.5) is 0 Å². The van der Waals surface area contributed by atoms with Crippen LogP contribution in [0.5, 0.6) is 11.5 Å². The molecule has 3 rings (SSSR count). The second-order valence-electron chi connectivity index (χ2n) is 4.39. The molecule has 3 nitrogen and oxygen atoms in total. The quantitative estimate of drug-likeness (QED) is 0.584. The zero-order chi connectivity index (χ0) is 13.2. The van der Waals surface area contributed by atoms with Crippen LogP contribution in [0, 0.1) is 0 Å². The molecule has 4 heteroatoms. The van der Waals surface area contributed by atoms with E-state index in [1.807, 2.05) is 42.5 Å². The maximum atomic E-state index is 10.6. The number of carboxylic acids is 1. The van der Waals surface area contributed by atoms with Crippen molar-refractivity contribution < 1.29 is 66.0 Å². The topological polar surface area (TPSA) is 49.4 Å². The van der Waals surface area contributed by atoms with Gasteiger partial charge in [-0.2, -0.15) is 0 Å². The number of hydrogen-bond donors (Lipinski definition) is 0. The molecule has 0 amide bonds. The van der Waals surface area contributed by atoms with Crippen LogP contribution < -0.4 is 61.2 Å². The van der Waals surface area contributed by atoms with Crippen molar-refractivity contribution in [3.05, 3.63) is 59.2 Å². The van der Waals surface area contributed by atoms with Crippen molar-refractivity contribution in [2.45, 2.75) is 6.42 Å². The molecule has 94 valence electrons. The molecule has 0 bridgehead atoms. The van der Waals surface area contributed by atoms with Gasteiger partial charge >= 0.3 is 51.4 Å². The van der Waals surface area contributed by atoms with Gasteiger partial charge in [0.05, 0.1) is 0 Å². The van der Waals surface area contributed by atoms with E-state index < -0.39 is 5.97 Å². The molecule has 0 saturated carbocycles. The van der Waals surface area contributed by atoms with Gasteiger partial charge in [0.15, 0.2) is 0 Å². The minimum absolute atomic E-state index is 0. The van der Waals surface area contributed by atoms with Crippen LogP contribution in [0.1, 0.15) is 16.7 Å². The van der Waals surface area contributed by atoms with Gasteiger partial charge in [-0.1, -0.05) is 36.4 Å². The van der Waals surface area contributed by atoms with Gasteiger partial charge in [0, 0.05) is 23.5 Å². The summed E-state index contributed by atoms with van der Waals surface area (Å²) in [5, 5.41) is 10.6. The number of para-hydroxylation sites is 1. The van der Waals surface area contributed by atoms with E-state index in [4.69, 9.17) is 4.74 Å². The van der Waals surface area contributed by atoms with Gasteiger partial charge in [-0.3, -0.25) is 0 Å². The van der Waals surface area contributed by atoms with Crippen molar-refractivity contribution in [3.63, 3.8) is 0 Å². The Labute approximate surface area is 159 Å². The molecule has 0 unspecified atom stereocenters. The summed E-state index contributed by atoms with van der Waals surface area (Å²) in [4.78, 5) is 10.6. The number of carbonyl (C=O) groups excluding carboxylic acids is 1. The Morgan fingerprint density at radius 1 is 1.00 bits per heavy atom. The number of benzene rings is 2. The first-order valence-corrected chi connectivity index (χ1v) is 6.00. The van der Waals surface area contributed by atoms with E-state index >= 15 is 0 Å². The average Bonchev–Trinajstić information content (AvgIpc) is 2.57. The van der Waals surface area contributed by atoms with Crippen LogP contribution in [0.3, 0.4) is 0 Å². The third-order valence-corrected chi connectivity index (χ3v) is 3.00. The number of carbonyl (C=O) groups is 1. The van der Waals surface area contributed by atoms with Gasteiger partial charge in [0.1, 0.15) is 11.5 Å². The average molecular weight is 290 g/mol. The third kappa shape index (κ3) is 3.40. The van der Waals surface area contributed by atoms with Crippen LogP contribution in [0.2, 0.25) is 0 Å². The van der Waals surface area contributed by atoms with E-state index in [1.54, 1.807) is 12.1 Å². The Kier molecular flexibility index (Phi) is 5.18. The van der Waals surface area contributed by atoms with Crippen molar-refractivity contribution in [3.8, 4) is 11.5 Å². The van der Waals surface area contributed by atoms with Gasteiger partial charge in [-0.25, -0.2) is 0 Å². The predicted molar refractivity (Wildman–Crippen MR) is 70.6 cm³/mol. The summed E-state index contributed by atoms with van der Waals surface area (Å²) in [5.74, 6) is 0.440. The molecule has 0 radical (unpaired) electrons.